The predicted molar refractivity (Wildman–Crippen MR) is 72.0 cm³/mol. The minimum Gasteiger partial charge on any atom is -0.496 e. The highest BCUT2D eigenvalue weighted by atomic mass is 19.1. The lowest BCUT2D eigenvalue weighted by Crippen LogP contribution is -2.27. The van der Waals surface area contributed by atoms with E-state index in [1.165, 1.54) is 0 Å². The zero-order chi connectivity index (χ0) is 13.2. The highest BCUT2D eigenvalue weighted by Crippen LogP contribution is 2.36. The molecule has 1 aromatic carbocycles. The molecule has 1 aliphatic heterocycles. The summed E-state index contributed by atoms with van der Waals surface area (Å²) >= 11 is 0. The molecule has 0 aliphatic carbocycles. The highest BCUT2D eigenvalue weighted by Gasteiger charge is 2.24. The minimum absolute atomic E-state index is 0.475. The van der Waals surface area contributed by atoms with Crippen LogP contribution in [0.5, 0.6) is 5.75 Å². The van der Waals surface area contributed by atoms with Gasteiger partial charge in [0.05, 0.1) is 7.11 Å². The van der Waals surface area contributed by atoms with E-state index in [2.05, 4.69) is 5.32 Å². The van der Waals surface area contributed by atoms with Gasteiger partial charge in [-0.1, -0.05) is 6.07 Å². The SMILES string of the molecule is COc1ccc(C(C)(C)F)cc1C1CCNCC1. The van der Waals surface area contributed by atoms with Crippen LogP contribution in [-0.2, 0) is 5.67 Å². The summed E-state index contributed by atoms with van der Waals surface area (Å²) in [5.41, 5.74) is 0.590. The number of halogens is 1. The Morgan fingerprint density at radius 3 is 2.50 bits per heavy atom. The Hall–Kier alpha value is -1.09. The van der Waals surface area contributed by atoms with Crippen molar-refractivity contribution in [3.8, 4) is 5.75 Å². The molecule has 0 atom stereocenters. The van der Waals surface area contributed by atoms with E-state index in [1.54, 1.807) is 21.0 Å². The van der Waals surface area contributed by atoms with Gasteiger partial charge in [-0.25, -0.2) is 4.39 Å². The number of piperidine rings is 1. The Bertz CT molecular complexity index is 405. The van der Waals surface area contributed by atoms with E-state index >= 15 is 0 Å². The van der Waals surface area contributed by atoms with Gasteiger partial charge in [-0.05, 0) is 69.0 Å². The molecule has 0 spiro atoms. The Kier molecular flexibility index (Phi) is 3.91. The third-order valence-electron chi connectivity index (χ3n) is 3.70. The third kappa shape index (κ3) is 2.83. The van der Waals surface area contributed by atoms with E-state index in [4.69, 9.17) is 4.74 Å². The largest absolute Gasteiger partial charge is 0.496 e. The Labute approximate surface area is 109 Å². The van der Waals surface area contributed by atoms with Gasteiger partial charge in [0.15, 0.2) is 0 Å². The third-order valence-corrected chi connectivity index (χ3v) is 3.70. The van der Waals surface area contributed by atoms with E-state index in [-0.39, 0.29) is 0 Å². The lowest BCUT2D eigenvalue weighted by Gasteiger charge is -2.26. The van der Waals surface area contributed by atoms with Crippen LogP contribution in [-0.4, -0.2) is 20.2 Å². The number of rotatable bonds is 3. The monoisotopic (exact) mass is 251 g/mol. The van der Waals surface area contributed by atoms with Gasteiger partial charge in [-0.15, -0.1) is 0 Å². The quantitative estimate of drug-likeness (QED) is 0.889. The molecule has 18 heavy (non-hydrogen) atoms. The summed E-state index contributed by atoms with van der Waals surface area (Å²) in [7, 11) is 1.68. The number of benzene rings is 1. The first-order valence-corrected chi connectivity index (χ1v) is 6.60. The first-order chi connectivity index (χ1) is 8.52. The topological polar surface area (TPSA) is 21.3 Å². The lowest BCUT2D eigenvalue weighted by atomic mass is 9.86. The summed E-state index contributed by atoms with van der Waals surface area (Å²) in [6.45, 7) is 5.25. The molecule has 0 radical (unpaired) electrons. The number of methoxy groups -OCH3 is 1. The Morgan fingerprint density at radius 1 is 1.28 bits per heavy atom. The molecule has 3 heteroatoms. The van der Waals surface area contributed by atoms with Crippen LogP contribution in [0.25, 0.3) is 0 Å². The van der Waals surface area contributed by atoms with E-state index in [9.17, 15) is 4.39 Å². The fraction of sp³-hybridized carbons (Fsp3) is 0.600. The van der Waals surface area contributed by atoms with Crippen LogP contribution in [0.4, 0.5) is 4.39 Å². The maximum Gasteiger partial charge on any atom is 0.130 e. The van der Waals surface area contributed by atoms with E-state index in [0.717, 1.165) is 42.8 Å². The van der Waals surface area contributed by atoms with Gasteiger partial charge >= 0.3 is 0 Å². The first-order valence-electron chi connectivity index (χ1n) is 6.60. The molecule has 1 fully saturated rings. The molecule has 1 saturated heterocycles. The molecule has 1 aliphatic rings. The van der Waals surface area contributed by atoms with Gasteiger partial charge in [0.1, 0.15) is 11.4 Å². The van der Waals surface area contributed by atoms with Crippen molar-refractivity contribution in [2.45, 2.75) is 38.3 Å². The second-order valence-corrected chi connectivity index (χ2v) is 5.45. The normalized spacial score (nSPS) is 17.8. The summed E-state index contributed by atoms with van der Waals surface area (Å²) < 4.78 is 19.5. The van der Waals surface area contributed by atoms with Crippen LogP contribution in [0.1, 0.15) is 43.7 Å². The van der Waals surface area contributed by atoms with Crippen molar-refractivity contribution < 1.29 is 9.13 Å². The average molecular weight is 251 g/mol. The first kappa shape index (κ1) is 13.3. The lowest BCUT2D eigenvalue weighted by molar-refractivity contribution is 0.221. The number of hydrogen-bond acceptors (Lipinski definition) is 2. The second kappa shape index (κ2) is 5.27. The molecule has 1 heterocycles. The van der Waals surface area contributed by atoms with Gasteiger partial charge in [0.25, 0.3) is 0 Å². The van der Waals surface area contributed by atoms with Crippen molar-refractivity contribution in [1.82, 2.24) is 5.32 Å². The zero-order valence-corrected chi connectivity index (χ0v) is 11.4. The van der Waals surface area contributed by atoms with Gasteiger partial charge < -0.3 is 10.1 Å². The van der Waals surface area contributed by atoms with Gasteiger partial charge in [0.2, 0.25) is 0 Å². The molecule has 1 N–H and O–H groups in total. The molecule has 0 amide bonds. The molecule has 2 rings (SSSR count). The van der Waals surface area contributed by atoms with Crippen LogP contribution in [0.3, 0.4) is 0 Å². The number of hydrogen-bond donors (Lipinski definition) is 1. The standard InChI is InChI=1S/C15H22FNO/c1-15(2,16)12-4-5-14(18-3)13(10-12)11-6-8-17-9-7-11/h4-5,10-11,17H,6-9H2,1-3H3. The molecule has 2 nitrogen and oxygen atoms in total. The van der Waals surface area contributed by atoms with Crippen LogP contribution >= 0.6 is 0 Å². The van der Waals surface area contributed by atoms with E-state index in [1.807, 2.05) is 18.2 Å². The Morgan fingerprint density at radius 2 is 1.94 bits per heavy atom. The maximum absolute atomic E-state index is 14.1. The van der Waals surface area contributed by atoms with Crippen molar-refractivity contribution >= 4 is 0 Å². The predicted octanol–water partition coefficient (Wildman–Crippen LogP) is 3.37. The summed E-state index contributed by atoms with van der Waals surface area (Å²) in [5, 5.41) is 3.35. The van der Waals surface area contributed by atoms with E-state index < -0.39 is 5.67 Å². The van der Waals surface area contributed by atoms with Crippen molar-refractivity contribution in [2.24, 2.45) is 0 Å². The maximum atomic E-state index is 14.1. The second-order valence-electron chi connectivity index (χ2n) is 5.45. The summed E-state index contributed by atoms with van der Waals surface area (Å²) in [5.74, 6) is 1.36. The molecule has 0 aromatic heterocycles. The molecule has 0 saturated carbocycles. The number of ether oxygens (including phenoxy) is 1. The molecule has 1 aromatic rings. The number of alkyl halides is 1. The van der Waals surface area contributed by atoms with E-state index in [0.29, 0.717) is 5.92 Å². The Balaban J connectivity index is 2.35. The van der Waals surface area contributed by atoms with Gasteiger partial charge in [0, 0.05) is 0 Å². The molecule has 0 unspecified atom stereocenters. The van der Waals surface area contributed by atoms with Gasteiger partial charge in [-0.3, -0.25) is 0 Å². The van der Waals surface area contributed by atoms with Crippen LogP contribution in [0.2, 0.25) is 0 Å². The molecular weight excluding hydrogens is 229 g/mol. The van der Waals surface area contributed by atoms with Gasteiger partial charge in [-0.2, -0.15) is 0 Å². The zero-order valence-electron chi connectivity index (χ0n) is 11.4. The molecule has 100 valence electrons. The number of nitrogens with one attached hydrogen (secondary N) is 1. The van der Waals surface area contributed by atoms with Crippen molar-refractivity contribution in [3.05, 3.63) is 29.3 Å². The average Bonchev–Trinajstić information content (AvgIpc) is 2.38. The van der Waals surface area contributed by atoms with Crippen LogP contribution in [0.15, 0.2) is 18.2 Å². The van der Waals surface area contributed by atoms with Crippen LogP contribution in [0, 0.1) is 0 Å². The highest BCUT2D eigenvalue weighted by molar-refractivity contribution is 5.41. The smallest absolute Gasteiger partial charge is 0.130 e. The molecular formula is C15H22FNO. The summed E-state index contributed by atoms with van der Waals surface area (Å²) in [6, 6.07) is 5.70. The van der Waals surface area contributed by atoms with Crippen molar-refractivity contribution in [3.63, 3.8) is 0 Å². The fourth-order valence-electron chi connectivity index (χ4n) is 2.56. The summed E-state index contributed by atoms with van der Waals surface area (Å²) in [6.07, 6.45) is 2.18. The van der Waals surface area contributed by atoms with Crippen molar-refractivity contribution in [2.75, 3.05) is 20.2 Å². The fourth-order valence-corrected chi connectivity index (χ4v) is 2.56. The molecule has 0 bridgehead atoms. The summed E-state index contributed by atoms with van der Waals surface area (Å²) in [4.78, 5) is 0. The minimum atomic E-state index is -1.30. The van der Waals surface area contributed by atoms with Crippen molar-refractivity contribution in [1.29, 1.82) is 0 Å². The van der Waals surface area contributed by atoms with Crippen LogP contribution < -0.4 is 10.1 Å².